The zero-order valence-corrected chi connectivity index (χ0v) is 10.9. The lowest BCUT2D eigenvalue weighted by Gasteiger charge is -2.14. The Morgan fingerprint density at radius 1 is 1.29 bits per heavy atom. The van der Waals surface area contributed by atoms with Gasteiger partial charge in [-0.2, -0.15) is 0 Å². The molecule has 0 amide bonds. The third-order valence-corrected chi connectivity index (χ3v) is 3.98. The van der Waals surface area contributed by atoms with E-state index in [0.717, 1.165) is 39.4 Å². The molecule has 1 N–H and O–H groups in total. The number of hydrogen-bond donors (Lipinski definition) is 1. The summed E-state index contributed by atoms with van der Waals surface area (Å²) in [6, 6.07) is 10.2. The Morgan fingerprint density at radius 3 is 3.00 bits per heavy atom. The van der Waals surface area contributed by atoms with E-state index in [-0.39, 0.29) is 0 Å². The van der Waals surface area contributed by atoms with Crippen LogP contribution in [0, 0.1) is 0 Å². The minimum atomic E-state index is -0.423. The van der Waals surface area contributed by atoms with E-state index < -0.39 is 6.10 Å². The lowest BCUT2D eigenvalue weighted by molar-refractivity contribution is 0.167. The van der Waals surface area contributed by atoms with Crippen LogP contribution in [0.15, 0.2) is 34.8 Å². The molecular weight excluding hydrogens is 280 g/mol. The molecule has 1 aliphatic heterocycles. The summed E-state index contributed by atoms with van der Waals surface area (Å²) < 4.78 is 6.70. The smallest absolute Gasteiger partial charge is 0.139 e. The van der Waals surface area contributed by atoms with Crippen molar-refractivity contribution in [2.24, 2.45) is 0 Å². The highest BCUT2D eigenvalue weighted by Gasteiger charge is 2.21. The minimum absolute atomic E-state index is 0.423. The van der Waals surface area contributed by atoms with Gasteiger partial charge in [0.1, 0.15) is 5.75 Å². The van der Waals surface area contributed by atoms with Gasteiger partial charge < -0.3 is 9.84 Å². The summed E-state index contributed by atoms with van der Waals surface area (Å²) in [5.74, 6) is 0.800. The Morgan fingerprint density at radius 2 is 2.12 bits per heavy atom. The molecule has 88 valence electrons. The molecule has 17 heavy (non-hydrogen) atoms. The van der Waals surface area contributed by atoms with E-state index in [1.807, 2.05) is 18.2 Å². The molecule has 3 heteroatoms. The molecule has 2 aromatic carbocycles. The zero-order valence-electron chi connectivity index (χ0n) is 9.32. The lowest BCUT2D eigenvalue weighted by Crippen LogP contribution is -1.98. The van der Waals surface area contributed by atoms with Gasteiger partial charge in [-0.3, -0.25) is 0 Å². The lowest BCUT2D eigenvalue weighted by atomic mass is 10.0. The quantitative estimate of drug-likeness (QED) is 0.800. The van der Waals surface area contributed by atoms with Crippen molar-refractivity contribution >= 4 is 26.7 Å². The summed E-state index contributed by atoms with van der Waals surface area (Å²) in [4.78, 5) is 0. The molecule has 0 aliphatic carbocycles. The maximum Gasteiger partial charge on any atom is 0.139 e. The van der Waals surface area contributed by atoms with Crippen molar-refractivity contribution in [3.05, 3.63) is 40.4 Å². The van der Waals surface area contributed by atoms with E-state index >= 15 is 0 Å². The Bertz CT molecular complexity index is 565. The van der Waals surface area contributed by atoms with E-state index in [1.165, 1.54) is 0 Å². The van der Waals surface area contributed by atoms with Gasteiger partial charge in [-0.05, 0) is 45.6 Å². The standard InChI is InChI=1S/C14H13BrO2/c15-13-10-5-2-1-4-9(10)8-11-12(16)6-3-7-17-14(11)13/h1-2,4-5,8,12,16H,3,6-7H2. The van der Waals surface area contributed by atoms with Crippen LogP contribution in [0.25, 0.3) is 10.8 Å². The molecule has 0 saturated heterocycles. The highest BCUT2D eigenvalue weighted by molar-refractivity contribution is 9.10. The van der Waals surface area contributed by atoms with Crippen molar-refractivity contribution in [2.75, 3.05) is 6.61 Å². The van der Waals surface area contributed by atoms with E-state index in [2.05, 4.69) is 28.1 Å². The van der Waals surface area contributed by atoms with Crippen LogP contribution in [0.1, 0.15) is 24.5 Å². The van der Waals surface area contributed by atoms with Gasteiger partial charge in [0.25, 0.3) is 0 Å². The predicted octanol–water partition coefficient (Wildman–Crippen LogP) is 3.81. The molecule has 0 saturated carbocycles. The second-order valence-electron chi connectivity index (χ2n) is 4.34. The Balaban J connectivity index is 2.31. The number of aliphatic hydroxyl groups is 1. The van der Waals surface area contributed by atoms with E-state index in [9.17, 15) is 5.11 Å². The maximum absolute atomic E-state index is 10.1. The van der Waals surface area contributed by atoms with Gasteiger partial charge in [0.2, 0.25) is 0 Å². The van der Waals surface area contributed by atoms with Crippen LogP contribution in [0.4, 0.5) is 0 Å². The van der Waals surface area contributed by atoms with Crippen LogP contribution in [0.5, 0.6) is 5.75 Å². The van der Waals surface area contributed by atoms with E-state index in [1.54, 1.807) is 0 Å². The topological polar surface area (TPSA) is 29.5 Å². The fourth-order valence-electron chi connectivity index (χ4n) is 2.31. The molecule has 1 unspecified atom stereocenters. The first-order chi connectivity index (χ1) is 8.27. The monoisotopic (exact) mass is 292 g/mol. The van der Waals surface area contributed by atoms with Crippen LogP contribution >= 0.6 is 15.9 Å². The second kappa shape index (κ2) is 4.31. The predicted molar refractivity (Wildman–Crippen MR) is 71.3 cm³/mol. The zero-order chi connectivity index (χ0) is 11.8. The summed E-state index contributed by atoms with van der Waals surface area (Å²) in [5.41, 5.74) is 0.896. The fraction of sp³-hybridized carbons (Fsp3) is 0.286. The van der Waals surface area contributed by atoms with Gasteiger partial charge >= 0.3 is 0 Å². The van der Waals surface area contributed by atoms with Gasteiger partial charge in [0.15, 0.2) is 0 Å². The maximum atomic E-state index is 10.1. The van der Waals surface area contributed by atoms with Crippen LogP contribution in [-0.4, -0.2) is 11.7 Å². The van der Waals surface area contributed by atoms with Crippen molar-refractivity contribution in [2.45, 2.75) is 18.9 Å². The molecule has 0 bridgehead atoms. The Labute approximate surface area is 108 Å². The third-order valence-electron chi connectivity index (χ3n) is 3.20. The van der Waals surface area contributed by atoms with E-state index in [0.29, 0.717) is 6.61 Å². The number of benzene rings is 2. The highest BCUT2D eigenvalue weighted by atomic mass is 79.9. The van der Waals surface area contributed by atoms with Gasteiger partial charge in [-0.25, -0.2) is 0 Å². The highest BCUT2D eigenvalue weighted by Crippen LogP contribution is 2.41. The van der Waals surface area contributed by atoms with Crippen LogP contribution in [0.2, 0.25) is 0 Å². The molecule has 1 aliphatic rings. The first kappa shape index (κ1) is 11.1. The van der Waals surface area contributed by atoms with Gasteiger partial charge in [-0.1, -0.05) is 24.3 Å². The molecule has 0 fully saturated rings. The number of aliphatic hydroxyl groups excluding tert-OH is 1. The molecule has 2 nitrogen and oxygen atoms in total. The summed E-state index contributed by atoms with van der Waals surface area (Å²) in [6.07, 6.45) is 1.23. The normalized spacial score (nSPS) is 19.5. The average molecular weight is 293 g/mol. The fourth-order valence-corrected chi connectivity index (χ4v) is 3.01. The van der Waals surface area contributed by atoms with Crippen molar-refractivity contribution in [3.8, 4) is 5.75 Å². The van der Waals surface area contributed by atoms with Crippen molar-refractivity contribution in [1.82, 2.24) is 0 Å². The third kappa shape index (κ3) is 1.83. The van der Waals surface area contributed by atoms with Crippen molar-refractivity contribution < 1.29 is 9.84 Å². The van der Waals surface area contributed by atoms with Gasteiger partial charge in [0, 0.05) is 5.56 Å². The summed E-state index contributed by atoms with van der Waals surface area (Å²) in [7, 11) is 0. The number of hydrogen-bond acceptors (Lipinski definition) is 2. The van der Waals surface area contributed by atoms with Gasteiger partial charge in [-0.15, -0.1) is 0 Å². The summed E-state index contributed by atoms with van der Waals surface area (Å²) in [6.45, 7) is 0.668. The SMILES string of the molecule is OC1CCCOc2c1cc1ccccc1c2Br. The molecule has 0 aromatic heterocycles. The Hall–Kier alpha value is -1.06. The number of rotatable bonds is 0. The van der Waals surface area contributed by atoms with Crippen molar-refractivity contribution in [3.63, 3.8) is 0 Å². The first-order valence-electron chi connectivity index (χ1n) is 5.79. The van der Waals surface area contributed by atoms with E-state index in [4.69, 9.17) is 4.74 Å². The molecule has 2 aromatic rings. The molecule has 1 heterocycles. The van der Waals surface area contributed by atoms with Crippen LogP contribution in [0.3, 0.4) is 0 Å². The number of halogens is 1. The molecule has 0 spiro atoms. The largest absolute Gasteiger partial charge is 0.492 e. The Kier molecular flexibility index (Phi) is 2.81. The second-order valence-corrected chi connectivity index (χ2v) is 5.13. The molecule has 1 atom stereocenters. The minimum Gasteiger partial charge on any atom is -0.492 e. The average Bonchev–Trinajstić information content (AvgIpc) is 2.53. The number of fused-ring (bicyclic) bond motifs is 2. The van der Waals surface area contributed by atoms with Gasteiger partial charge in [0.05, 0.1) is 17.2 Å². The van der Waals surface area contributed by atoms with Crippen LogP contribution in [-0.2, 0) is 0 Å². The summed E-state index contributed by atoms with van der Waals surface area (Å²) in [5, 5.41) is 12.4. The summed E-state index contributed by atoms with van der Waals surface area (Å²) >= 11 is 3.59. The first-order valence-corrected chi connectivity index (χ1v) is 6.58. The molecule has 3 rings (SSSR count). The van der Waals surface area contributed by atoms with Crippen LogP contribution < -0.4 is 4.74 Å². The van der Waals surface area contributed by atoms with Crippen molar-refractivity contribution in [1.29, 1.82) is 0 Å². The molecular formula is C14H13BrO2. The molecule has 0 radical (unpaired) electrons. The number of ether oxygens (including phenoxy) is 1.